The number of pyridine rings is 1. The highest BCUT2D eigenvalue weighted by Gasteiger charge is 2.26. The van der Waals surface area contributed by atoms with Crippen LogP contribution in [0.1, 0.15) is 55.7 Å². The summed E-state index contributed by atoms with van der Waals surface area (Å²) in [4.78, 5) is 7.28. The highest BCUT2D eigenvalue weighted by atomic mass is 15.2. The monoisotopic (exact) mass is 321 g/mol. The Bertz CT molecular complexity index is 632. The Morgan fingerprint density at radius 2 is 1.79 bits per heavy atom. The molecule has 3 nitrogen and oxygen atoms in total. The average molecular weight is 321 g/mol. The van der Waals surface area contributed by atoms with Gasteiger partial charge in [-0.15, -0.1) is 0 Å². The van der Waals surface area contributed by atoms with E-state index in [-0.39, 0.29) is 0 Å². The van der Waals surface area contributed by atoms with Crippen LogP contribution in [0.4, 0.5) is 5.82 Å². The molecule has 0 amide bonds. The lowest BCUT2D eigenvalue weighted by atomic mass is 10.1. The van der Waals surface area contributed by atoms with Crippen LogP contribution in [-0.4, -0.2) is 22.5 Å². The lowest BCUT2D eigenvalue weighted by Crippen LogP contribution is -2.23. The van der Waals surface area contributed by atoms with E-state index in [4.69, 9.17) is 4.98 Å². The fourth-order valence-electron chi connectivity index (χ4n) is 4.18. The highest BCUT2D eigenvalue weighted by Crippen LogP contribution is 2.33. The Hall–Kier alpha value is -1.87. The molecule has 1 aromatic carbocycles. The van der Waals surface area contributed by atoms with Crippen molar-refractivity contribution in [2.45, 2.75) is 57.2 Å². The fraction of sp³-hybridized carbons (Fsp3) is 0.476. The molecule has 2 heterocycles. The summed E-state index contributed by atoms with van der Waals surface area (Å²) in [5, 5.41) is 3.58. The van der Waals surface area contributed by atoms with Gasteiger partial charge in [-0.05, 0) is 49.4 Å². The Morgan fingerprint density at radius 3 is 2.54 bits per heavy atom. The van der Waals surface area contributed by atoms with Gasteiger partial charge in [0.2, 0.25) is 0 Å². The zero-order chi connectivity index (χ0) is 16.2. The number of nitrogens with one attached hydrogen (secondary N) is 1. The van der Waals surface area contributed by atoms with E-state index in [1.807, 2.05) is 0 Å². The zero-order valence-corrected chi connectivity index (χ0v) is 14.3. The smallest absolute Gasteiger partial charge is 0.126 e. The topological polar surface area (TPSA) is 28.2 Å². The third-order valence-corrected chi connectivity index (χ3v) is 5.47. The van der Waals surface area contributed by atoms with Gasteiger partial charge in [0, 0.05) is 24.8 Å². The summed E-state index contributed by atoms with van der Waals surface area (Å²) < 4.78 is 0. The standard InChI is InChI=1S/C21H27N3/c1-2-7-17(8-3-1)16-24-14-6-11-20(24)18-12-13-21(22-15-18)23-19-9-4-5-10-19/h1-3,7-8,12-13,15,19-20H,4-6,9-11,14,16H2,(H,22,23)/t20-/m1/s1. The van der Waals surface area contributed by atoms with Crippen molar-refractivity contribution < 1.29 is 0 Å². The number of benzene rings is 1. The molecule has 1 saturated carbocycles. The number of nitrogens with zero attached hydrogens (tertiary/aromatic N) is 2. The minimum Gasteiger partial charge on any atom is -0.367 e. The molecule has 2 aliphatic rings. The molecule has 0 bridgehead atoms. The lowest BCUT2D eigenvalue weighted by molar-refractivity contribution is 0.248. The number of aromatic nitrogens is 1. The van der Waals surface area contributed by atoms with E-state index >= 15 is 0 Å². The Labute approximate surface area is 145 Å². The highest BCUT2D eigenvalue weighted by molar-refractivity contribution is 5.37. The number of anilines is 1. The van der Waals surface area contributed by atoms with Crippen LogP contribution in [0.3, 0.4) is 0 Å². The van der Waals surface area contributed by atoms with Gasteiger partial charge in [-0.3, -0.25) is 4.90 Å². The van der Waals surface area contributed by atoms with Gasteiger partial charge in [-0.1, -0.05) is 49.2 Å². The fourth-order valence-corrected chi connectivity index (χ4v) is 4.18. The molecular formula is C21H27N3. The van der Waals surface area contributed by atoms with Crippen LogP contribution in [0.2, 0.25) is 0 Å². The number of likely N-dealkylation sites (tertiary alicyclic amines) is 1. The molecule has 1 atom stereocenters. The summed E-state index contributed by atoms with van der Waals surface area (Å²) in [6, 6.07) is 16.4. The third kappa shape index (κ3) is 3.62. The Kier molecular flexibility index (Phi) is 4.79. The minimum atomic E-state index is 0.512. The summed E-state index contributed by atoms with van der Waals surface area (Å²) in [5.41, 5.74) is 2.76. The predicted molar refractivity (Wildman–Crippen MR) is 98.9 cm³/mol. The van der Waals surface area contributed by atoms with E-state index in [1.54, 1.807) is 0 Å². The second-order valence-electron chi connectivity index (χ2n) is 7.22. The van der Waals surface area contributed by atoms with Crippen molar-refractivity contribution in [2.24, 2.45) is 0 Å². The Morgan fingerprint density at radius 1 is 0.958 bits per heavy atom. The predicted octanol–water partition coefficient (Wildman–Crippen LogP) is 4.77. The van der Waals surface area contributed by atoms with E-state index in [9.17, 15) is 0 Å². The number of rotatable bonds is 5. The summed E-state index contributed by atoms with van der Waals surface area (Å²) in [5.74, 6) is 1.04. The molecule has 0 radical (unpaired) electrons. The molecule has 0 spiro atoms. The molecule has 2 fully saturated rings. The van der Waals surface area contributed by atoms with Crippen molar-refractivity contribution in [1.29, 1.82) is 0 Å². The van der Waals surface area contributed by atoms with Crippen molar-refractivity contribution in [3.05, 3.63) is 59.8 Å². The van der Waals surface area contributed by atoms with Crippen LogP contribution in [0.15, 0.2) is 48.7 Å². The summed E-state index contributed by atoms with van der Waals surface area (Å²) in [6.45, 7) is 2.22. The maximum absolute atomic E-state index is 4.69. The third-order valence-electron chi connectivity index (χ3n) is 5.47. The first kappa shape index (κ1) is 15.6. The van der Waals surface area contributed by atoms with Crippen LogP contribution in [0.5, 0.6) is 0 Å². The molecule has 3 heteroatoms. The summed E-state index contributed by atoms with van der Waals surface area (Å²) in [7, 11) is 0. The quantitative estimate of drug-likeness (QED) is 0.859. The second kappa shape index (κ2) is 7.35. The van der Waals surface area contributed by atoms with Gasteiger partial charge < -0.3 is 5.32 Å². The van der Waals surface area contributed by atoms with E-state index in [1.165, 1.54) is 56.2 Å². The number of hydrogen-bond donors (Lipinski definition) is 1. The molecule has 1 N–H and O–H groups in total. The lowest BCUT2D eigenvalue weighted by Gasteiger charge is -2.25. The molecule has 1 saturated heterocycles. The van der Waals surface area contributed by atoms with Crippen molar-refractivity contribution in [3.8, 4) is 0 Å². The maximum atomic E-state index is 4.69. The molecule has 1 aromatic heterocycles. The van der Waals surface area contributed by atoms with Crippen LogP contribution >= 0.6 is 0 Å². The average Bonchev–Trinajstić information content (AvgIpc) is 3.29. The first-order valence-electron chi connectivity index (χ1n) is 9.39. The van der Waals surface area contributed by atoms with Crippen LogP contribution in [-0.2, 0) is 6.54 Å². The van der Waals surface area contributed by atoms with Crippen LogP contribution in [0.25, 0.3) is 0 Å². The summed E-state index contributed by atoms with van der Waals surface area (Å²) >= 11 is 0. The molecule has 2 aromatic rings. The molecule has 126 valence electrons. The normalized spacial score (nSPS) is 22.1. The van der Waals surface area contributed by atoms with Gasteiger partial charge in [0.05, 0.1) is 0 Å². The van der Waals surface area contributed by atoms with E-state index in [0.717, 1.165) is 12.4 Å². The molecule has 1 aliphatic heterocycles. The van der Waals surface area contributed by atoms with Crippen molar-refractivity contribution in [1.82, 2.24) is 9.88 Å². The molecular weight excluding hydrogens is 294 g/mol. The maximum Gasteiger partial charge on any atom is 0.126 e. The Balaban J connectivity index is 1.42. The minimum absolute atomic E-state index is 0.512. The molecule has 1 aliphatic carbocycles. The first-order chi connectivity index (χ1) is 11.9. The van der Waals surface area contributed by atoms with E-state index in [2.05, 4.69) is 58.9 Å². The van der Waals surface area contributed by atoms with Crippen LogP contribution < -0.4 is 5.32 Å². The van der Waals surface area contributed by atoms with Gasteiger partial charge in [-0.2, -0.15) is 0 Å². The van der Waals surface area contributed by atoms with Crippen molar-refractivity contribution in [3.63, 3.8) is 0 Å². The second-order valence-corrected chi connectivity index (χ2v) is 7.22. The van der Waals surface area contributed by atoms with Gasteiger partial charge >= 0.3 is 0 Å². The molecule has 4 rings (SSSR count). The molecule has 24 heavy (non-hydrogen) atoms. The molecule has 0 unspecified atom stereocenters. The first-order valence-corrected chi connectivity index (χ1v) is 9.39. The van der Waals surface area contributed by atoms with Crippen LogP contribution in [0, 0.1) is 0 Å². The van der Waals surface area contributed by atoms with Gasteiger partial charge in [0.15, 0.2) is 0 Å². The summed E-state index contributed by atoms with van der Waals surface area (Å²) in [6.07, 6.45) is 9.89. The van der Waals surface area contributed by atoms with E-state index < -0.39 is 0 Å². The van der Waals surface area contributed by atoms with Crippen molar-refractivity contribution in [2.75, 3.05) is 11.9 Å². The van der Waals surface area contributed by atoms with E-state index in [0.29, 0.717) is 12.1 Å². The zero-order valence-electron chi connectivity index (χ0n) is 14.3. The van der Waals surface area contributed by atoms with Crippen molar-refractivity contribution >= 4 is 5.82 Å². The van der Waals surface area contributed by atoms with Gasteiger partial charge in [-0.25, -0.2) is 4.98 Å². The SMILES string of the molecule is c1ccc(CN2CCC[C@@H]2c2ccc(NC3CCCC3)nc2)cc1. The van der Waals surface area contributed by atoms with Gasteiger partial charge in [0.1, 0.15) is 5.82 Å². The van der Waals surface area contributed by atoms with Gasteiger partial charge in [0.25, 0.3) is 0 Å². The largest absolute Gasteiger partial charge is 0.367 e. The number of hydrogen-bond acceptors (Lipinski definition) is 3.